The Labute approximate surface area is 199 Å². The van der Waals surface area contributed by atoms with Gasteiger partial charge in [0.1, 0.15) is 5.76 Å². The van der Waals surface area contributed by atoms with E-state index in [0.717, 1.165) is 24.2 Å². The highest BCUT2D eigenvalue weighted by molar-refractivity contribution is 6.46. The first kappa shape index (κ1) is 23.8. The number of aliphatic hydroxyl groups is 1. The van der Waals surface area contributed by atoms with Crippen LogP contribution in [0.25, 0.3) is 5.76 Å². The van der Waals surface area contributed by atoms with Gasteiger partial charge in [-0.2, -0.15) is 0 Å². The molecule has 2 aliphatic rings. The highest BCUT2D eigenvalue weighted by atomic mass is 16.5. The molecule has 0 aliphatic carbocycles. The third-order valence-corrected chi connectivity index (χ3v) is 6.47. The second-order valence-corrected chi connectivity index (χ2v) is 8.70. The normalized spacial score (nSPS) is 20.7. The lowest BCUT2D eigenvalue weighted by Crippen LogP contribution is -2.42. The van der Waals surface area contributed by atoms with E-state index < -0.39 is 17.7 Å². The van der Waals surface area contributed by atoms with Gasteiger partial charge in [0.2, 0.25) is 0 Å². The van der Waals surface area contributed by atoms with Gasteiger partial charge < -0.3 is 24.6 Å². The quantitative estimate of drug-likeness (QED) is 0.384. The van der Waals surface area contributed by atoms with Gasteiger partial charge in [0.25, 0.3) is 11.7 Å². The Morgan fingerprint density at radius 2 is 1.82 bits per heavy atom. The van der Waals surface area contributed by atoms with Gasteiger partial charge in [0.05, 0.1) is 31.9 Å². The molecule has 2 N–H and O–H groups in total. The van der Waals surface area contributed by atoms with Crippen LogP contribution in [0.4, 0.5) is 0 Å². The summed E-state index contributed by atoms with van der Waals surface area (Å²) in [5.74, 6) is -1.41. The van der Waals surface area contributed by atoms with Crippen LogP contribution in [0, 0.1) is 13.8 Å². The van der Waals surface area contributed by atoms with Crippen LogP contribution in [0.2, 0.25) is 0 Å². The van der Waals surface area contributed by atoms with Gasteiger partial charge >= 0.3 is 0 Å². The number of methoxy groups -OCH3 is 1. The molecule has 0 spiro atoms. The molecule has 0 saturated carbocycles. The van der Waals surface area contributed by atoms with Gasteiger partial charge in [-0.1, -0.05) is 23.8 Å². The number of phenols is 1. The molecule has 2 aliphatic heterocycles. The van der Waals surface area contributed by atoms with Crippen LogP contribution in [0.15, 0.2) is 42.0 Å². The smallest absolute Gasteiger partial charge is 0.295 e. The lowest BCUT2D eigenvalue weighted by Gasteiger charge is -2.31. The number of hydrogen-bond acceptors (Lipinski definition) is 7. The molecule has 1 amide bonds. The van der Waals surface area contributed by atoms with Crippen LogP contribution in [-0.4, -0.2) is 78.2 Å². The number of carbonyl (C=O) groups is 2. The molecule has 2 heterocycles. The number of ketones is 1. The lowest BCUT2D eigenvalue weighted by molar-refractivity contribution is -0.140. The van der Waals surface area contributed by atoms with Crippen molar-refractivity contribution in [2.75, 3.05) is 46.5 Å². The maximum absolute atomic E-state index is 13.3. The third-order valence-electron chi connectivity index (χ3n) is 6.47. The number of ether oxygens (including phenoxy) is 2. The summed E-state index contributed by atoms with van der Waals surface area (Å²) in [6.45, 7) is 7.40. The highest BCUT2D eigenvalue weighted by Crippen LogP contribution is 2.42. The Morgan fingerprint density at radius 3 is 2.53 bits per heavy atom. The minimum absolute atomic E-state index is 0.0356. The van der Waals surface area contributed by atoms with Crippen LogP contribution < -0.4 is 4.74 Å². The van der Waals surface area contributed by atoms with Crippen LogP contribution in [0.3, 0.4) is 0 Å². The van der Waals surface area contributed by atoms with Gasteiger partial charge in [0.15, 0.2) is 11.5 Å². The Bertz CT molecular complexity index is 1140. The molecular formula is C26H30N2O6. The summed E-state index contributed by atoms with van der Waals surface area (Å²) >= 11 is 0. The van der Waals surface area contributed by atoms with Crippen LogP contribution in [-0.2, 0) is 14.3 Å². The summed E-state index contributed by atoms with van der Waals surface area (Å²) in [6, 6.07) is 9.51. The number of aromatic hydroxyl groups is 1. The van der Waals surface area contributed by atoms with Crippen molar-refractivity contribution in [3.05, 3.63) is 64.2 Å². The summed E-state index contributed by atoms with van der Waals surface area (Å²) in [5, 5.41) is 21.4. The number of likely N-dealkylation sites (tertiary alicyclic amines) is 1. The Hall–Kier alpha value is -3.36. The zero-order chi connectivity index (χ0) is 24.4. The molecule has 1 unspecified atom stereocenters. The molecule has 8 nitrogen and oxygen atoms in total. The molecule has 0 radical (unpaired) electrons. The van der Waals surface area contributed by atoms with Gasteiger partial charge in [-0.25, -0.2) is 0 Å². The van der Waals surface area contributed by atoms with Crippen molar-refractivity contribution in [1.82, 2.24) is 9.80 Å². The average Bonchev–Trinajstić information content (AvgIpc) is 3.09. The molecule has 1 atom stereocenters. The average molecular weight is 467 g/mol. The fourth-order valence-electron chi connectivity index (χ4n) is 4.53. The molecule has 180 valence electrons. The minimum atomic E-state index is -0.810. The van der Waals surface area contributed by atoms with E-state index in [4.69, 9.17) is 9.47 Å². The Morgan fingerprint density at radius 1 is 1.09 bits per heavy atom. The number of morpholine rings is 1. The molecule has 0 bridgehead atoms. The number of aryl methyl sites for hydroxylation is 2. The number of phenolic OH excluding ortho intramolecular Hbond substituents is 1. The fourth-order valence-corrected chi connectivity index (χ4v) is 4.53. The maximum Gasteiger partial charge on any atom is 0.295 e. The first-order chi connectivity index (χ1) is 16.3. The van der Waals surface area contributed by atoms with E-state index in [1.165, 1.54) is 18.1 Å². The largest absolute Gasteiger partial charge is 0.507 e. The van der Waals surface area contributed by atoms with Crippen molar-refractivity contribution in [3.63, 3.8) is 0 Å². The number of amides is 1. The molecule has 0 aromatic heterocycles. The third kappa shape index (κ3) is 4.51. The van der Waals surface area contributed by atoms with Crippen LogP contribution in [0.1, 0.15) is 28.3 Å². The van der Waals surface area contributed by atoms with E-state index in [0.29, 0.717) is 37.4 Å². The van der Waals surface area contributed by atoms with Gasteiger partial charge in [-0.15, -0.1) is 0 Å². The Balaban J connectivity index is 1.81. The molecule has 2 aromatic rings. The van der Waals surface area contributed by atoms with E-state index >= 15 is 0 Å². The van der Waals surface area contributed by atoms with Crippen LogP contribution in [0.5, 0.6) is 11.5 Å². The molecule has 8 heteroatoms. The topological polar surface area (TPSA) is 99.5 Å². The van der Waals surface area contributed by atoms with Crippen molar-refractivity contribution in [3.8, 4) is 11.5 Å². The molecule has 2 aromatic carbocycles. The SMILES string of the molecule is COc1cc(C2/C(=C(\O)c3cc(C)ccc3C)C(=O)C(=O)N2CCN2CCOCC2)ccc1O. The first-order valence-corrected chi connectivity index (χ1v) is 11.3. The van der Waals surface area contributed by atoms with Gasteiger partial charge in [-0.3, -0.25) is 14.5 Å². The zero-order valence-corrected chi connectivity index (χ0v) is 19.7. The molecular weight excluding hydrogens is 436 g/mol. The number of benzene rings is 2. The number of aliphatic hydroxyl groups excluding tert-OH is 1. The molecule has 4 rings (SSSR count). The molecule has 2 saturated heterocycles. The highest BCUT2D eigenvalue weighted by Gasteiger charge is 2.46. The summed E-state index contributed by atoms with van der Waals surface area (Å²) in [7, 11) is 1.43. The number of hydrogen-bond donors (Lipinski definition) is 2. The van der Waals surface area contributed by atoms with Gasteiger partial charge in [0, 0.05) is 31.7 Å². The lowest BCUT2D eigenvalue weighted by atomic mass is 9.93. The van der Waals surface area contributed by atoms with E-state index in [2.05, 4.69) is 4.90 Å². The Kier molecular flexibility index (Phi) is 6.90. The molecule has 34 heavy (non-hydrogen) atoms. The summed E-state index contributed by atoms with van der Waals surface area (Å²) in [6.07, 6.45) is 0. The summed E-state index contributed by atoms with van der Waals surface area (Å²) in [4.78, 5) is 30.1. The second-order valence-electron chi connectivity index (χ2n) is 8.70. The van der Waals surface area contributed by atoms with Crippen molar-refractivity contribution >= 4 is 17.4 Å². The van der Waals surface area contributed by atoms with E-state index in [-0.39, 0.29) is 22.8 Å². The van der Waals surface area contributed by atoms with Crippen molar-refractivity contribution in [2.45, 2.75) is 19.9 Å². The zero-order valence-electron chi connectivity index (χ0n) is 19.7. The van der Waals surface area contributed by atoms with E-state index in [1.807, 2.05) is 26.0 Å². The minimum Gasteiger partial charge on any atom is -0.507 e. The predicted molar refractivity (Wildman–Crippen MR) is 127 cm³/mol. The standard InChI is InChI=1S/C26H30N2O6/c1-16-4-5-17(2)19(14-16)24(30)22-23(18-6-7-20(29)21(15-18)33-3)28(26(32)25(22)31)9-8-27-10-12-34-13-11-27/h4-7,14-15,23,29-30H,8-13H2,1-3H3/b24-22+. The number of Topliss-reactive ketones (excluding diaryl/α,β-unsaturated/α-hetero) is 1. The fraction of sp³-hybridized carbons (Fsp3) is 0.385. The van der Waals surface area contributed by atoms with E-state index in [1.54, 1.807) is 18.2 Å². The monoisotopic (exact) mass is 466 g/mol. The predicted octanol–water partition coefficient (Wildman–Crippen LogP) is 2.77. The maximum atomic E-state index is 13.3. The van der Waals surface area contributed by atoms with Crippen LogP contribution >= 0.6 is 0 Å². The number of carbonyl (C=O) groups excluding carboxylic acids is 2. The second kappa shape index (κ2) is 9.87. The molecule has 2 fully saturated rings. The van der Waals surface area contributed by atoms with Gasteiger partial charge in [-0.05, 0) is 43.2 Å². The van der Waals surface area contributed by atoms with Crippen molar-refractivity contribution in [2.24, 2.45) is 0 Å². The number of rotatable bonds is 6. The first-order valence-electron chi connectivity index (χ1n) is 11.3. The summed E-state index contributed by atoms with van der Waals surface area (Å²) in [5.41, 5.74) is 2.85. The van der Waals surface area contributed by atoms with Crippen molar-refractivity contribution < 1.29 is 29.3 Å². The van der Waals surface area contributed by atoms with Crippen molar-refractivity contribution in [1.29, 1.82) is 0 Å². The number of nitrogens with zero attached hydrogens (tertiary/aromatic N) is 2. The summed E-state index contributed by atoms with van der Waals surface area (Å²) < 4.78 is 10.7. The van der Waals surface area contributed by atoms with E-state index in [9.17, 15) is 19.8 Å².